The first-order valence-electron chi connectivity index (χ1n) is 10.7. The summed E-state index contributed by atoms with van der Waals surface area (Å²) >= 11 is 7.96. The molecule has 1 aromatic heterocycles. The molecule has 0 radical (unpaired) electrons. The Balaban J connectivity index is 2.41. The van der Waals surface area contributed by atoms with Crippen LogP contribution in [0.15, 0.2) is 44.3 Å². The lowest BCUT2D eigenvalue weighted by Gasteiger charge is -2.12. The minimum atomic E-state index is 0.0896. The molecule has 0 saturated carbocycles. The molecule has 2 rings (SSSR count). The number of amidine groups is 1. The van der Waals surface area contributed by atoms with Gasteiger partial charge in [0.15, 0.2) is 16.7 Å². The van der Waals surface area contributed by atoms with E-state index >= 15 is 0 Å². The number of imidazole rings is 1. The summed E-state index contributed by atoms with van der Waals surface area (Å²) < 4.78 is 2.05. The molecule has 3 N–H and O–H groups in total. The van der Waals surface area contributed by atoms with E-state index in [0.29, 0.717) is 28.4 Å². The van der Waals surface area contributed by atoms with Crippen LogP contribution in [0.2, 0.25) is 5.02 Å². The van der Waals surface area contributed by atoms with Crippen molar-refractivity contribution in [3.63, 3.8) is 0 Å². The standard InChI is InChI=1S/C24H35ClN6S/c1-16(2)29-11-8-12-31-22(28-7)20(21(26)27-6)30-23(31)32-19-14-17(13-18(25)15-19)9-10-24(3,4)5/h9-10,13-16,29H,7-8,11-12H2,1-6H3,(H2,26,27)/b10-9+. The average Bonchev–Trinajstić information content (AvgIpc) is 3.05. The quantitative estimate of drug-likeness (QED) is 0.259. The lowest BCUT2D eigenvalue weighted by atomic mass is 9.95. The summed E-state index contributed by atoms with van der Waals surface area (Å²) in [4.78, 5) is 14.1. The molecule has 2 aromatic rings. The van der Waals surface area contributed by atoms with Gasteiger partial charge in [-0.1, -0.05) is 70.1 Å². The van der Waals surface area contributed by atoms with Gasteiger partial charge in [0.2, 0.25) is 0 Å². The van der Waals surface area contributed by atoms with Crippen LogP contribution in [-0.2, 0) is 6.54 Å². The molecule has 0 aliphatic heterocycles. The van der Waals surface area contributed by atoms with Gasteiger partial charge in [0.1, 0.15) is 5.84 Å². The number of hydrogen-bond donors (Lipinski definition) is 2. The molecule has 0 atom stereocenters. The zero-order valence-corrected chi connectivity index (χ0v) is 21.5. The fourth-order valence-corrected chi connectivity index (χ4v) is 4.29. The van der Waals surface area contributed by atoms with E-state index in [1.54, 1.807) is 7.05 Å². The summed E-state index contributed by atoms with van der Waals surface area (Å²) in [7, 11) is 1.64. The van der Waals surface area contributed by atoms with Crippen molar-refractivity contribution in [2.45, 2.75) is 63.7 Å². The Kier molecular flexibility index (Phi) is 9.55. The number of nitrogens with two attached hydrogens (primary N) is 1. The van der Waals surface area contributed by atoms with E-state index in [9.17, 15) is 0 Å². The SMILES string of the molecule is C=Nc1c(/C(N)=N\C)nc(Sc2cc(Cl)cc(/C=C/C(C)(C)C)c2)n1CCCNC(C)C. The summed E-state index contributed by atoms with van der Waals surface area (Å²) in [6, 6.07) is 6.45. The zero-order chi connectivity index (χ0) is 23.9. The first kappa shape index (κ1) is 26.2. The minimum Gasteiger partial charge on any atom is -0.382 e. The highest BCUT2D eigenvalue weighted by Gasteiger charge is 2.20. The van der Waals surface area contributed by atoms with Crippen LogP contribution < -0.4 is 11.1 Å². The van der Waals surface area contributed by atoms with Gasteiger partial charge in [0, 0.05) is 29.6 Å². The van der Waals surface area contributed by atoms with Crippen LogP contribution in [0, 0.1) is 5.41 Å². The van der Waals surface area contributed by atoms with E-state index in [2.05, 4.69) is 79.4 Å². The van der Waals surface area contributed by atoms with Crippen molar-refractivity contribution in [1.29, 1.82) is 0 Å². The Morgan fingerprint density at radius 1 is 1.34 bits per heavy atom. The molecule has 8 heteroatoms. The Bertz CT molecular complexity index is 985. The largest absolute Gasteiger partial charge is 0.382 e. The number of aliphatic imine (C=N–C) groups is 2. The van der Waals surface area contributed by atoms with Crippen molar-refractivity contribution in [3.05, 3.63) is 40.6 Å². The fourth-order valence-electron chi connectivity index (χ4n) is 2.96. The molecule has 174 valence electrons. The third-order valence-electron chi connectivity index (χ3n) is 4.53. The van der Waals surface area contributed by atoms with Crippen molar-refractivity contribution in [3.8, 4) is 0 Å². The van der Waals surface area contributed by atoms with Gasteiger partial charge >= 0.3 is 0 Å². The summed E-state index contributed by atoms with van der Waals surface area (Å²) in [6.07, 6.45) is 5.19. The van der Waals surface area contributed by atoms with Crippen molar-refractivity contribution < 1.29 is 0 Å². The van der Waals surface area contributed by atoms with Crippen molar-refractivity contribution in [2.75, 3.05) is 13.6 Å². The second kappa shape index (κ2) is 11.7. The monoisotopic (exact) mass is 474 g/mol. The number of allylic oxidation sites excluding steroid dienone is 1. The second-order valence-electron chi connectivity index (χ2n) is 8.97. The van der Waals surface area contributed by atoms with Gasteiger partial charge in [0.25, 0.3) is 0 Å². The molecule has 6 nitrogen and oxygen atoms in total. The molecule has 0 saturated heterocycles. The molecule has 0 fully saturated rings. The molecule has 1 aromatic carbocycles. The van der Waals surface area contributed by atoms with Crippen LogP contribution in [-0.4, -0.2) is 41.7 Å². The molecular formula is C24H35ClN6S. The molecule has 0 spiro atoms. The van der Waals surface area contributed by atoms with E-state index in [1.165, 1.54) is 11.8 Å². The van der Waals surface area contributed by atoms with Crippen LogP contribution in [0.25, 0.3) is 6.08 Å². The number of hydrogen-bond acceptors (Lipinski definition) is 5. The molecule has 0 unspecified atom stereocenters. The van der Waals surface area contributed by atoms with E-state index in [4.69, 9.17) is 22.3 Å². The predicted octanol–water partition coefficient (Wildman–Crippen LogP) is 5.80. The van der Waals surface area contributed by atoms with Crippen LogP contribution in [0.1, 0.15) is 52.3 Å². The number of nitrogens with zero attached hydrogens (tertiary/aromatic N) is 4. The van der Waals surface area contributed by atoms with Gasteiger partial charge < -0.3 is 15.6 Å². The lowest BCUT2D eigenvalue weighted by molar-refractivity contribution is 0.522. The summed E-state index contributed by atoms with van der Waals surface area (Å²) in [5.41, 5.74) is 7.79. The molecule has 32 heavy (non-hydrogen) atoms. The summed E-state index contributed by atoms with van der Waals surface area (Å²) in [5, 5.41) is 4.91. The maximum absolute atomic E-state index is 6.42. The Morgan fingerprint density at radius 2 is 2.06 bits per heavy atom. The predicted molar refractivity (Wildman–Crippen MR) is 140 cm³/mol. The number of aromatic nitrogens is 2. The summed E-state index contributed by atoms with van der Waals surface area (Å²) in [5.74, 6) is 0.975. The lowest BCUT2D eigenvalue weighted by Crippen LogP contribution is -2.24. The molecule has 1 heterocycles. The van der Waals surface area contributed by atoms with Crippen LogP contribution in [0.5, 0.6) is 0 Å². The van der Waals surface area contributed by atoms with E-state index < -0.39 is 0 Å². The maximum atomic E-state index is 6.42. The first-order chi connectivity index (χ1) is 15.0. The highest BCUT2D eigenvalue weighted by atomic mass is 35.5. The van der Waals surface area contributed by atoms with Gasteiger partial charge in [-0.15, -0.1) is 0 Å². The topological polar surface area (TPSA) is 80.6 Å². The highest BCUT2D eigenvalue weighted by Crippen LogP contribution is 2.35. The number of nitrogens with one attached hydrogen (secondary N) is 1. The first-order valence-corrected chi connectivity index (χ1v) is 11.9. The van der Waals surface area contributed by atoms with Gasteiger partial charge in [-0.2, -0.15) is 0 Å². The average molecular weight is 475 g/mol. The third kappa shape index (κ3) is 7.80. The zero-order valence-electron chi connectivity index (χ0n) is 19.9. The van der Waals surface area contributed by atoms with E-state index in [0.717, 1.165) is 35.1 Å². The van der Waals surface area contributed by atoms with Crippen molar-refractivity contribution >= 4 is 47.8 Å². The third-order valence-corrected chi connectivity index (χ3v) is 5.71. The Labute approximate surface area is 201 Å². The number of halogens is 1. The maximum Gasteiger partial charge on any atom is 0.175 e. The normalized spacial score (nSPS) is 12.8. The number of rotatable bonds is 10. The van der Waals surface area contributed by atoms with Crippen molar-refractivity contribution in [1.82, 2.24) is 14.9 Å². The minimum absolute atomic E-state index is 0.0896. The van der Waals surface area contributed by atoms with Crippen LogP contribution >= 0.6 is 23.4 Å². The molecule has 0 aliphatic rings. The smallest absolute Gasteiger partial charge is 0.175 e. The van der Waals surface area contributed by atoms with Crippen LogP contribution in [0.4, 0.5) is 5.82 Å². The molecule has 0 aliphatic carbocycles. The van der Waals surface area contributed by atoms with Crippen LogP contribution in [0.3, 0.4) is 0 Å². The Hall–Kier alpha value is -2.09. The van der Waals surface area contributed by atoms with Gasteiger partial charge in [-0.25, -0.2) is 9.98 Å². The van der Waals surface area contributed by atoms with E-state index in [1.807, 2.05) is 12.1 Å². The molecule has 0 bridgehead atoms. The van der Waals surface area contributed by atoms with Crippen molar-refractivity contribution in [2.24, 2.45) is 21.1 Å². The fraction of sp³-hybridized carbons (Fsp3) is 0.458. The number of benzene rings is 1. The van der Waals surface area contributed by atoms with Gasteiger partial charge in [0.05, 0.1) is 0 Å². The molecular weight excluding hydrogens is 440 g/mol. The highest BCUT2D eigenvalue weighted by molar-refractivity contribution is 7.99. The van der Waals surface area contributed by atoms with Gasteiger partial charge in [-0.3, -0.25) is 4.99 Å². The summed E-state index contributed by atoms with van der Waals surface area (Å²) in [6.45, 7) is 16.1. The van der Waals surface area contributed by atoms with E-state index in [-0.39, 0.29) is 5.41 Å². The second-order valence-corrected chi connectivity index (χ2v) is 10.4. The van der Waals surface area contributed by atoms with Gasteiger partial charge in [-0.05, 0) is 48.9 Å². The molecule has 0 amide bonds. The Morgan fingerprint density at radius 3 is 2.66 bits per heavy atom.